The summed E-state index contributed by atoms with van der Waals surface area (Å²) in [7, 11) is -1.02. The van der Waals surface area contributed by atoms with Gasteiger partial charge in [0.05, 0.1) is 0 Å². The number of benzene rings is 3. The summed E-state index contributed by atoms with van der Waals surface area (Å²) >= 11 is 0. The molecule has 0 spiro atoms. The van der Waals surface area contributed by atoms with Crippen LogP contribution < -0.4 is 10.1 Å². The molecule has 168 valence electrons. The molecule has 0 fully saturated rings. The van der Waals surface area contributed by atoms with Gasteiger partial charge in [0.1, 0.15) is 5.75 Å². The Morgan fingerprint density at radius 1 is 0.906 bits per heavy atom. The third-order valence-corrected chi connectivity index (χ3v) is 6.48. The molecule has 2 unspecified atom stereocenters. The van der Waals surface area contributed by atoms with Crippen LogP contribution in [0.3, 0.4) is 0 Å². The smallest absolute Gasteiger partial charge is 0.265 e. The van der Waals surface area contributed by atoms with E-state index in [0.29, 0.717) is 29.5 Å². The first kappa shape index (κ1) is 23.7. The molecule has 1 N–H and O–H groups in total. The van der Waals surface area contributed by atoms with Crippen LogP contribution >= 0.6 is 0 Å². The molecule has 3 rings (SSSR count). The van der Waals surface area contributed by atoms with E-state index in [2.05, 4.69) is 19.2 Å². The van der Waals surface area contributed by atoms with E-state index < -0.39 is 16.9 Å². The highest BCUT2D eigenvalue weighted by Crippen LogP contribution is 2.27. The number of amides is 1. The fraction of sp³-hybridized carbons (Fsp3) is 0.296. The number of carbonyl (C=O) groups is 1. The Morgan fingerprint density at radius 2 is 1.56 bits per heavy atom. The van der Waals surface area contributed by atoms with E-state index in [1.807, 2.05) is 85.8 Å². The number of ether oxygens (including phenoxy) is 1. The number of rotatable bonds is 10. The zero-order chi connectivity index (χ0) is 22.9. The lowest BCUT2D eigenvalue weighted by Crippen LogP contribution is -2.32. The maximum Gasteiger partial charge on any atom is 0.265 e. The van der Waals surface area contributed by atoms with E-state index in [1.165, 1.54) is 0 Å². The molecule has 0 saturated carbocycles. The molecule has 32 heavy (non-hydrogen) atoms. The molecule has 3 aromatic rings. The van der Waals surface area contributed by atoms with Gasteiger partial charge in [-0.15, -0.1) is 0 Å². The fourth-order valence-corrected chi connectivity index (χ4v) is 4.72. The molecule has 2 atom stereocenters. The van der Waals surface area contributed by atoms with Gasteiger partial charge in [0.2, 0.25) is 0 Å². The maximum absolute atomic E-state index is 12.9. The average Bonchev–Trinajstić information content (AvgIpc) is 2.78. The summed E-state index contributed by atoms with van der Waals surface area (Å²) in [5.74, 6) is 1.82. The highest BCUT2D eigenvalue weighted by Gasteiger charge is 2.20. The first-order valence-electron chi connectivity index (χ1n) is 11.0. The van der Waals surface area contributed by atoms with Crippen LogP contribution in [0.25, 0.3) is 0 Å². The lowest BCUT2D eigenvalue weighted by atomic mass is 10.0. The molecule has 0 bridgehead atoms. The predicted octanol–water partition coefficient (Wildman–Crippen LogP) is 6.06. The van der Waals surface area contributed by atoms with Crippen molar-refractivity contribution in [3.05, 3.63) is 95.6 Å². The van der Waals surface area contributed by atoms with E-state index in [1.54, 1.807) is 0 Å². The molecule has 0 saturated heterocycles. The van der Waals surface area contributed by atoms with Gasteiger partial charge in [0, 0.05) is 28.0 Å². The monoisotopic (exact) mass is 449 g/mol. The highest BCUT2D eigenvalue weighted by atomic mass is 32.2. The van der Waals surface area contributed by atoms with E-state index in [0.717, 1.165) is 22.4 Å². The van der Waals surface area contributed by atoms with Gasteiger partial charge >= 0.3 is 0 Å². The fourth-order valence-electron chi connectivity index (χ4n) is 3.50. The first-order valence-corrected chi connectivity index (χ1v) is 12.5. The van der Waals surface area contributed by atoms with Gasteiger partial charge in [-0.2, -0.15) is 0 Å². The summed E-state index contributed by atoms with van der Waals surface area (Å²) < 4.78 is 18.7. The number of carbonyl (C=O) groups excluding carboxylic acids is 1. The quantitative estimate of drug-likeness (QED) is 0.410. The molecular weight excluding hydrogens is 418 g/mol. The largest absolute Gasteiger partial charge is 0.480 e. The van der Waals surface area contributed by atoms with Crippen LogP contribution in [0.2, 0.25) is 0 Å². The SMILES string of the molecule is CCC(Oc1ccccc1C(C)C)C(=O)Nc1cccc(CS(=O)Cc2ccccc2)c1. The van der Waals surface area contributed by atoms with E-state index in [4.69, 9.17) is 4.74 Å². The van der Waals surface area contributed by atoms with Crippen molar-refractivity contribution >= 4 is 22.4 Å². The van der Waals surface area contributed by atoms with Crippen molar-refractivity contribution < 1.29 is 13.7 Å². The van der Waals surface area contributed by atoms with Crippen LogP contribution in [0.5, 0.6) is 5.75 Å². The van der Waals surface area contributed by atoms with Gasteiger partial charge in [0.15, 0.2) is 6.10 Å². The third-order valence-electron chi connectivity index (χ3n) is 5.17. The lowest BCUT2D eigenvalue weighted by molar-refractivity contribution is -0.122. The Bertz CT molecular complexity index is 1050. The van der Waals surface area contributed by atoms with Gasteiger partial charge < -0.3 is 10.1 Å². The first-order chi connectivity index (χ1) is 15.5. The third kappa shape index (κ3) is 6.79. The summed E-state index contributed by atoms with van der Waals surface area (Å²) in [6, 6.07) is 25.2. The second-order valence-corrected chi connectivity index (χ2v) is 9.57. The van der Waals surface area contributed by atoms with Crippen LogP contribution in [0.15, 0.2) is 78.9 Å². The number of hydrogen-bond donors (Lipinski definition) is 1. The second kappa shape index (κ2) is 11.6. The van der Waals surface area contributed by atoms with Gasteiger partial charge in [-0.1, -0.05) is 81.4 Å². The normalized spacial score (nSPS) is 12.9. The van der Waals surface area contributed by atoms with Gasteiger partial charge in [-0.3, -0.25) is 9.00 Å². The standard InChI is InChI=1S/C27H31NO3S/c1-4-25(31-26-16-9-8-15-24(26)20(2)3)27(29)28-23-14-10-13-22(17-23)19-32(30)18-21-11-6-5-7-12-21/h5-17,20,25H,4,18-19H2,1-3H3,(H,28,29). The van der Waals surface area contributed by atoms with E-state index in [9.17, 15) is 9.00 Å². The summed E-state index contributed by atoms with van der Waals surface area (Å²) in [6.45, 7) is 6.15. The van der Waals surface area contributed by atoms with Crippen LogP contribution in [0, 0.1) is 0 Å². The molecule has 3 aromatic carbocycles. The molecule has 4 nitrogen and oxygen atoms in total. The summed E-state index contributed by atoms with van der Waals surface area (Å²) in [5, 5.41) is 2.96. The number of para-hydroxylation sites is 1. The van der Waals surface area contributed by atoms with Crippen molar-refractivity contribution in [1.82, 2.24) is 0 Å². The van der Waals surface area contributed by atoms with Crippen LogP contribution in [0.4, 0.5) is 5.69 Å². The molecule has 5 heteroatoms. The predicted molar refractivity (Wildman–Crippen MR) is 132 cm³/mol. The Labute approximate surface area is 193 Å². The molecule has 0 heterocycles. The Kier molecular flexibility index (Phi) is 8.63. The molecule has 0 aliphatic rings. The minimum absolute atomic E-state index is 0.186. The Balaban J connectivity index is 1.63. The zero-order valence-electron chi connectivity index (χ0n) is 18.9. The van der Waals surface area contributed by atoms with Gasteiger partial charge in [-0.05, 0) is 47.2 Å². The molecule has 0 aromatic heterocycles. The maximum atomic E-state index is 12.9. The minimum atomic E-state index is -1.02. The second-order valence-electron chi connectivity index (χ2n) is 8.11. The highest BCUT2D eigenvalue weighted by molar-refractivity contribution is 7.83. The molecule has 0 aliphatic heterocycles. The molecule has 0 radical (unpaired) electrons. The zero-order valence-corrected chi connectivity index (χ0v) is 19.7. The average molecular weight is 450 g/mol. The topological polar surface area (TPSA) is 55.4 Å². The minimum Gasteiger partial charge on any atom is -0.480 e. The lowest BCUT2D eigenvalue weighted by Gasteiger charge is -2.20. The van der Waals surface area contributed by atoms with Crippen LogP contribution in [-0.4, -0.2) is 16.2 Å². The molecule has 1 amide bonds. The van der Waals surface area contributed by atoms with Crippen molar-refractivity contribution in [2.45, 2.75) is 50.7 Å². The van der Waals surface area contributed by atoms with Gasteiger partial charge in [-0.25, -0.2) is 0 Å². The number of anilines is 1. The van der Waals surface area contributed by atoms with Crippen LogP contribution in [0.1, 0.15) is 49.8 Å². The van der Waals surface area contributed by atoms with E-state index >= 15 is 0 Å². The Hall–Kier alpha value is -2.92. The van der Waals surface area contributed by atoms with Crippen LogP contribution in [-0.2, 0) is 27.1 Å². The van der Waals surface area contributed by atoms with Crippen molar-refractivity contribution in [2.24, 2.45) is 0 Å². The summed E-state index contributed by atoms with van der Waals surface area (Å²) in [4.78, 5) is 12.9. The van der Waals surface area contributed by atoms with Gasteiger partial charge in [0.25, 0.3) is 5.91 Å². The van der Waals surface area contributed by atoms with Crippen molar-refractivity contribution in [3.8, 4) is 5.75 Å². The Morgan fingerprint density at radius 3 is 2.28 bits per heavy atom. The molecule has 0 aliphatic carbocycles. The van der Waals surface area contributed by atoms with Crippen molar-refractivity contribution in [1.29, 1.82) is 0 Å². The van der Waals surface area contributed by atoms with E-state index in [-0.39, 0.29) is 5.91 Å². The van der Waals surface area contributed by atoms with Crippen molar-refractivity contribution in [2.75, 3.05) is 5.32 Å². The van der Waals surface area contributed by atoms with Crippen molar-refractivity contribution in [3.63, 3.8) is 0 Å². The number of hydrogen-bond acceptors (Lipinski definition) is 3. The number of nitrogens with one attached hydrogen (secondary N) is 1. The summed E-state index contributed by atoms with van der Waals surface area (Å²) in [5.41, 5.74) is 3.75. The molecular formula is C27H31NO3S. The summed E-state index contributed by atoms with van der Waals surface area (Å²) in [6.07, 6.45) is -0.0373.